The molecule has 6 heterocycles. The first-order chi connectivity index (χ1) is 19.5. The molecule has 0 spiro atoms. The van der Waals surface area contributed by atoms with Gasteiger partial charge in [-0.1, -0.05) is 0 Å². The smallest absolute Gasteiger partial charge is 0.335 e. The molecule has 0 amide bonds. The molecule has 41 heavy (non-hydrogen) atoms. The van der Waals surface area contributed by atoms with Crippen LogP contribution in [0, 0.1) is 0 Å². The number of hydrogen-bond donors (Lipinski definition) is 9. The van der Waals surface area contributed by atoms with Crippen molar-refractivity contribution in [3.8, 4) is 0 Å². The van der Waals surface area contributed by atoms with Crippen LogP contribution in [0.2, 0.25) is 0 Å². The summed E-state index contributed by atoms with van der Waals surface area (Å²) in [5.74, 6) is -1.63. The van der Waals surface area contributed by atoms with Gasteiger partial charge in [0.1, 0.15) is 24.7 Å². The Morgan fingerprint density at radius 1 is 0.951 bits per heavy atom. The number of carbonyl (C=O) groups is 1. The number of imidazole rings is 2. The Balaban J connectivity index is 0.000000166. The SMILES string of the molecule is Nc1nc2c(ncn2[C@H]2C[C@H](O)[C@@H](C(O)C(=O)O)O2)c(=O)[nH]1.Nc1nc2c(ncn2[C@H]2C[C@H](O)[C@@H](CO)O2)c(=O)[nH]1. The second kappa shape index (κ2) is 10.8. The topological polar surface area (TPSA) is 316 Å². The number of fused-ring (bicyclic) bond motifs is 2. The van der Waals surface area contributed by atoms with Gasteiger partial charge < -0.3 is 46.5 Å². The summed E-state index contributed by atoms with van der Waals surface area (Å²) in [7, 11) is 0. The Labute approximate surface area is 226 Å². The van der Waals surface area contributed by atoms with Crippen molar-refractivity contribution in [3.05, 3.63) is 33.4 Å². The van der Waals surface area contributed by atoms with Crippen LogP contribution >= 0.6 is 0 Å². The minimum Gasteiger partial charge on any atom is -0.479 e. The van der Waals surface area contributed by atoms with Crippen LogP contribution in [0.3, 0.4) is 0 Å². The van der Waals surface area contributed by atoms with Crippen LogP contribution in [0.25, 0.3) is 22.3 Å². The van der Waals surface area contributed by atoms with E-state index in [0.29, 0.717) is 0 Å². The van der Waals surface area contributed by atoms with Crippen molar-refractivity contribution in [1.82, 2.24) is 39.0 Å². The van der Waals surface area contributed by atoms with Crippen LogP contribution in [0.4, 0.5) is 11.9 Å². The number of nitrogens with two attached hydrogens (primary N) is 2. The number of anilines is 2. The van der Waals surface area contributed by atoms with Crippen molar-refractivity contribution in [1.29, 1.82) is 0 Å². The van der Waals surface area contributed by atoms with Crippen LogP contribution in [-0.4, -0.2) is 108 Å². The van der Waals surface area contributed by atoms with Crippen molar-refractivity contribution >= 4 is 40.2 Å². The van der Waals surface area contributed by atoms with Gasteiger partial charge in [-0.3, -0.25) is 28.7 Å². The highest BCUT2D eigenvalue weighted by atomic mass is 16.6. The number of aliphatic carboxylic acids is 1. The van der Waals surface area contributed by atoms with Gasteiger partial charge in [-0.05, 0) is 0 Å². The van der Waals surface area contributed by atoms with Gasteiger partial charge in [0.25, 0.3) is 11.1 Å². The zero-order chi connectivity index (χ0) is 29.6. The number of aliphatic hydroxyl groups is 4. The number of aromatic amines is 2. The Kier molecular flexibility index (Phi) is 7.42. The summed E-state index contributed by atoms with van der Waals surface area (Å²) in [5, 5.41) is 46.9. The maximum Gasteiger partial charge on any atom is 0.335 e. The molecule has 2 aliphatic rings. The average molecular weight is 578 g/mol. The van der Waals surface area contributed by atoms with E-state index in [4.69, 9.17) is 31.2 Å². The number of nitrogen functional groups attached to an aromatic ring is 2. The van der Waals surface area contributed by atoms with E-state index in [1.165, 1.54) is 21.8 Å². The molecule has 20 nitrogen and oxygen atoms in total. The largest absolute Gasteiger partial charge is 0.479 e. The van der Waals surface area contributed by atoms with E-state index in [1.807, 2.05) is 0 Å². The van der Waals surface area contributed by atoms with Gasteiger partial charge in [0.05, 0.1) is 31.5 Å². The van der Waals surface area contributed by atoms with Crippen LogP contribution in [0.1, 0.15) is 25.3 Å². The third kappa shape index (κ3) is 5.21. The highest BCUT2D eigenvalue weighted by Gasteiger charge is 2.43. The number of aliphatic hydroxyl groups excluding tert-OH is 4. The number of H-pyrrole nitrogens is 2. The standard InChI is InChI=1S/C11H13N5O6.C10H13N5O4/c12-11-14-8-5(9(19)15-11)13-2-16(8)4-1-3(17)7(22-4)6(18)10(20)21;11-10-13-8-7(9(18)14-10)12-3-15(8)6-1-4(17)5(2-16)19-6/h2-4,6-7,17-18H,1H2,(H,20,21)(H3,12,14,15,19);3-6,16-17H,1-2H2,(H3,11,13,14,18)/t3-,4+,6?,7-;4-,5+,6+/m00/s1. The molecule has 0 aliphatic carbocycles. The van der Waals surface area contributed by atoms with Crippen molar-refractivity contribution in [2.75, 3.05) is 18.1 Å². The number of ether oxygens (including phenoxy) is 2. The number of carboxylic acid groups (broad SMARTS) is 1. The average Bonchev–Trinajstić information content (AvgIpc) is 3.68. The molecule has 1 unspecified atom stereocenters. The number of nitrogens with zero attached hydrogens (tertiary/aromatic N) is 6. The van der Waals surface area contributed by atoms with Gasteiger partial charge in [0, 0.05) is 12.8 Å². The van der Waals surface area contributed by atoms with Gasteiger partial charge in [-0.2, -0.15) is 9.97 Å². The molecular weight excluding hydrogens is 552 g/mol. The molecule has 0 aromatic carbocycles. The predicted octanol–water partition coefficient (Wildman–Crippen LogP) is -3.86. The maximum atomic E-state index is 11.7. The molecule has 6 rings (SSSR count). The van der Waals surface area contributed by atoms with Gasteiger partial charge in [0.15, 0.2) is 28.4 Å². The molecule has 11 N–H and O–H groups in total. The Morgan fingerprint density at radius 2 is 1.44 bits per heavy atom. The maximum absolute atomic E-state index is 11.7. The molecule has 4 aromatic rings. The van der Waals surface area contributed by atoms with Gasteiger partial charge in [0.2, 0.25) is 11.9 Å². The normalized spacial score (nSPS) is 26.7. The molecule has 0 radical (unpaired) electrons. The zero-order valence-electron chi connectivity index (χ0n) is 20.9. The summed E-state index contributed by atoms with van der Waals surface area (Å²) >= 11 is 0. The lowest BCUT2D eigenvalue weighted by atomic mass is 10.1. The molecular formula is C21H26N10O10. The van der Waals surface area contributed by atoms with E-state index in [0.717, 1.165) is 0 Å². The van der Waals surface area contributed by atoms with Crippen LogP contribution in [0.15, 0.2) is 22.2 Å². The minimum absolute atomic E-state index is 0.00878. The highest BCUT2D eigenvalue weighted by molar-refractivity contribution is 5.73. The van der Waals surface area contributed by atoms with Crippen molar-refractivity contribution < 1.29 is 39.8 Å². The molecule has 2 saturated heterocycles. The second-order valence-electron chi connectivity index (χ2n) is 9.31. The summed E-state index contributed by atoms with van der Waals surface area (Å²) in [5.41, 5.74) is 10.6. The van der Waals surface area contributed by atoms with Gasteiger partial charge in [-0.25, -0.2) is 14.8 Å². The summed E-state index contributed by atoms with van der Waals surface area (Å²) in [6.45, 7) is -0.277. The van der Waals surface area contributed by atoms with E-state index >= 15 is 0 Å². The number of carboxylic acids is 1. The zero-order valence-corrected chi connectivity index (χ0v) is 20.9. The van der Waals surface area contributed by atoms with E-state index in [2.05, 4.69) is 29.9 Å². The fraction of sp³-hybridized carbons (Fsp3) is 0.476. The molecule has 7 atom stereocenters. The first-order valence-electron chi connectivity index (χ1n) is 12.1. The third-order valence-electron chi connectivity index (χ3n) is 6.61. The first kappa shape index (κ1) is 28.1. The Morgan fingerprint density at radius 3 is 1.90 bits per heavy atom. The third-order valence-corrected chi connectivity index (χ3v) is 6.61. The number of rotatable bonds is 5. The molecule has 220 valence electrons. The number of nitrogens with one attached hydrogen (secondary N) is 2. The molecule has 2 aliphatic heterocycles. The monoisotopic (exact) mass is 578 g/mol. The summed E-state index contributed by atoms with van der Waals surface area (Å²) in [4.78, 5) is 54.6. The molecule has 0 saturated carbocycles. The number of hydrogen-bond acceptors (Lipinski definition) is 15. The lowest BCUT2D eigenvalue weighted by molar-refractivity contribution is -0.160. The predicted molar refractivity (Wildman–Crippen MR) is 135 cm³/mol. The van der Waals surface area contributed by atoms with Crippen molar-refractivity contribution in [3.63, 3.8) is 0 Å². The second-order valence-corrected chi connectivity index (χ2v) is 9.31. The highest BCUT2D eigenvalue weighted by Crippen LogP contribution is 2.32. The van der Waals surface area contributed by atoms with E-state index < -0.39 is 60.1 Å². The first-order valence-corrected chi connectivity index (χ1v) is 12.1. The van der Waals surface area contributed by atoms with Crippen LogP contribution in [-0.2, 0) is 14.3 Å². The molecule has 4 aromatic heterocycles. The van der Waals surface area contributed by atoms with Crippen LogP contribution < -0.4 is 22.6 Å². The van der Waals surface area contributed by atoms with E-state index in [-0.39, 0.29) is 53.7 Å². The van der Waals surface area contributed by atoms with Crippen molar-refractivity contribution in [2.24, 2.45) is 0 Å². The molecule has 0 bridgehead atoms. The lowest BCUT2D eigenvalue weighted by Crippen LogP contribution is -2.40. The summed E-state index contributed by atoms with van der Waals surface area (Å²) < 4.78 is 13.8. The lowest BCUT2D eigenvalue weighted by Gasteiger charge is -2.18. The fourth-order valence-electron chi connectivity index (χ4n) is 4.63. The van der Waals surface area contributed by atoms with Crippen molar-refractivity contribution in [2.45, 2.75) is 55.8 Å². The Bertz CT molecular complexity index is 1700. The molecule has 20 heteroatoms. The van der Waals surface area contributed by atoms with Gasteiger partial charge in [-0.15, -0.1) is 0 Å². The van der Waals surface area contributed by atoms with Gasteiger partial charge >= 0.3 is 5.97 Å². The quantitative estimate of drug-likeness (QED) is 0.109. The van der Waals surface area contributed by atoms with E-state index in [1.54, 1.807) is 0 Å². The number of aromatic nitrogens is 8. The summed E-state index contributed by atoms with van der Waals surface area (Å²) in [6, 6.07) is 0. The summed E-state index contributed by atoms with van der Waals surface area (Å²) in [6.07, 6.45) is -4.15. The van der Waals surface area contributed by atoms with E-state index in [9.17, 15) is 29.7 Å². The fourth-order valence-corrected chi connectivity index (χ4v) is 4.63. The molecule has 2 fully saturated rings. The van der Waals surface area contributed by atoms with Crippen LogP contribution in [0.5, 0.6) is 0 Å². The minimum atomic E-state index is -1.86. The Hall–Kier alpha value is -4.47.